The number of likely N-dealkylation sites (tertiary alicyclic amines) is 1. The van der Waals surface area contributed by atoms with Gasteiger partial charge >= 0.3 is 12.6 Å². The molecule has 0 N–H and O–H groups in total. The van der Waals surface area contributed by atoms with Gasteiger partial charge in [0.1, 0.15) is 12.6 Å². The van der Waals surface area contributed by atoms with Crippen LogP contribution >= 0.6 is 0 Å². The second kappa shape index (κ2) is 10.6. The molecule has 10 heteroatoms. The Bertz CT molecular complexity index is 1250. The van der Waals surface area contributed by atoms with E-state index in [1.54, 1.807) is 36.2 Å². The van der Waals surface area contributed by atoms with Crippen LogP contribution in [0.25, 0.3) is 0 Å². The number of amides is 2. The number of esters is 1. The van der Waals surface area contributed by atoms with Gasteiger partial charge in [-0.1, -0.05) is 12.1 Å². The lowest BCUT2D eigenvalue weighted by Crippen LogP contribution is -2.40. The van der Waals surface area contributed by atoms with Gasteiger partial charge in [-0.3, -0.25) is 9.59 Å². The summed E-state index contributed by atoms with van der Waals surface area (Å²) in [5.41, 5.74) is 3.06. The fourth-order valence-electron chi connectivity index (χ4n) is 5.09. The number of carbonyl (C=O) groups is 3. The Labute approximate surface area is 219 Å². The predicted octanol–water partition coefficient (Wildman–Crippen LogP) is 4.11. The first-order valence-electron chi connectivity index (χ1n) is 12.7. The maximum Gasteiger partial charge on any atom is 0.387 e. The Morgan fingerprint density at radius 1 is 1.11 bits per heavy atom. The molecule has 5 rings (SSSR count). The van der Waals surface area contributed by atoms with Crippen LogP contribution in [0.2, 0.25) is 0 Å². The molecule has 0 radical (unpaired) electrons. The third-order valence-electron chi connectivity index (χ3n) is 7.34. The molecule has 2 fully saturated rings. The summed E-state index contributed by atoms with van der Waals surface area (Å²) >= 11 is 0. The van der Waals surface area contributed by atoms with Crippen LogP contribution in [-0.2, 0) is 27.5 Å². The van der Waals surface area contributed by atoms with Gasteiger partial charge in [0, 0.05) is 38.5 Å². The Morgan fingerprint density at radius 2 is 1.89 bits per heavy atom. The molecule has 1 saturated carbocycles. The standard InChI is InChI=1S/C28H30F2N2O6/c1-16(33)32-13-20(19-6-8-24(38-28(29)30)25(11-19)36-14-17-3-4-17)10-23(32)27(35)37-15-18-5-7-22-21(9-18)12-31(2)26(22)34/h5-9,11,17,20,23,28H,3-4,10,12-15H2,1-2H3/t20?,23-/m1/s1. The minimum Gasteiger partial charge on any atom is -0.489 e. The maximum atomic E-state index is 13.1. The van der Waals surface area contributed by atoms with Crippen molar-refractivity contribution in [2.75, 3.05) is 20.2 Å². The second-order valence-electron chi connectivity index (χ2n) is 10.2. The van der Waals surface area contributed by atoms with E-state index in [1.165, 1.54) is 17.9 Å². The van der Waals surface area contributed by atoms with Gasteiger partial charge in [-0.05, 0) is 66.1 Å². The number of fused-ring (bicyclic) bond motifs is 1. The molecule has 0 spiro atoms. The number of ether oxygens (including phenoxy) is 3. The summed E-state index contributed by atoms with van der Waals surface area (Å²) in [5.74, 6) is -0.395. The summed E-state index contributed by atoms with van der Waals surface area (Å²) in [5, 5.41) is 0. The number of carbonyl (C=O) groups excluding carboxylic acids is 3. The van der Waals surface area contributed by atoms with E-state index in [0.717, 1.165) is 29.5 Å². The van der Waals surface area contributed by atoms with Gasteiger partial charge < -0.3 is 24.0 Å². The van der Waals surface area contributed by atoms with Crippen LogP contribution in [0.5, 0.6) is 11.5 Å². The SMILES string of the molecule is CC(=O)N1CC(c2ccc(OC(F)F)c(OCC3CC3)c2)C[C@@H]1C(=O)OCc1ccc2c(c1)CN(C)C2=O. The van der Waals surface area contributed by atoms with Crippen molar-refractivity contribution in [2.24, 2.45) is 5.92 Å². The van der Waals surface area contributed by atoms with Crippen LogP contribution in [0.1, 0.15) is 59.2 Å². The molecule has 0 bridgehead atoms. The van der Waals surface area contributed by atoms with Gasteiger partial charge in [-0.15, -0.1) is 0 Å². The minimum atomic E-state index is -2.98. The molecule has 2 aromatic carbocycles. The Hall–Kier alpha value is -3.69. The number of rotatable bonds is 9. The van der Waals surface area contributed by atoms with Gasteiger partial charge in [0.05, 0.1) is 6.61 Å². The molecular weight excluding hydrogens is 498 g/mol. The molecule has 0 aromatic heterocycles. The lowest BCUT2D eigenvalue weighted by molar-refractivity contribution is -0.154. The highest BCUT2D eigenvalue weighted by Gasteiger charge is 2.40. The van der Waals surface area contributed by atoms with Crippen molar-refractivity contribution in [3.8, 4) is 11.5 Å². The molecule has 8 nitrogen and oxygen atoms in total. The molecule has 2 heterocycles. The van der Waals surface area contributed by atoms with E-state index >= 15 is 0 Å². The first-order chi connectivity index (χ1) is 18.2. The molecule has 2 aromatic rings. The second-order valence-corrected chi connectivity index (χ2v) is 10.2. The van der Waals surface area contributed by atoms with Crippen molar-refractivity contribution < 1.29 is 37.4 Å². The summed E-state index contributed by atoms with van der Waals surface area (Å²) < 4.78 is 41.8. The van der Waals surface area contributed by atoms with Crippen molar-refractivity contribution in [1.29, 1.82) is 0 Å². The summed E-state index contributed by atoms with van der Waals surface area (Å²) in [7, 11) is 1.73. The quantitative estimate of drug-likeness (QED) is 0.456. The number of halogens is 2. The van der Waals surface area contributed by atoms with Crippen LogP contribution in [0, 0.1) is 5.92 Å². The molecule has 2 amide bonds. The largest absolute Gasteiger partial charge is 0.489 e. The van der Waals surface area contributed by atoms with E-state index in [0.29, 0.717) is 37.6 Å². The summed E-state index contributed by atoms with van der Waals surface area (Å²) in [6.45, 7) is -0.327. The van der Waals surface area contributed by atoms with E-state index < -0.39 is 18.6 Å². The van der Waals surface area contributed by atoms with E-state index in [2.05, 4.69) is 4.74 Å². The van der Waals surface area contributed by atoms with Crippen LogP contribution < -0.4 is 9.47 Å². The molecule has 38 heavy (non-hydrogen) atoms. The van der Waals surface area contributed by atoms with Gasteiger partial charge in [-0.25, -0.2) is 4.79 Å². The topological polar surface area (TPSA) is 85.4 Å². The van der Waals surface area contributed by atoms with Crippen LogP contribution in [0.3, 0.4) is 0 Å². The average Bonchev–Trinajstić information content (AvgIpc) is 3.53. The minimum absolute atomic E-state index is 0.0236. The third kappa shape index (κ3) is 5.58. The number of hydrogen-bond donors (Lipinski definition) is 0. The predicted molar refractivity (Wildman–Crippen MR) is 132 cm³/mol. The number of nitrogens with zero attached hydrogens (tertiary/aromatic N) is 2. The van der Waals surface area contributed by atoms with E-state index in [4.69, 9.17) is 9.47 Å². The van der Waals surface area contributed by atoms with Crippen molar-refractivity contribution in [1.82, 2.24) is 9.80 Å². The maximum absolute atomic E-state index is 13.1. The van der Waals surface area contributed by atoms with E-state index in [9.17, 15) is 23.2 Å². The molecule has 2 aliphatic heterocycles. The Kier molecular flexibility index (Phi) is 7.23. The smallest absolute Gasteiger partial charge is 0.387 e. The monoisotopic (exact) mass is 528 g/mol. The van der Waals surface area contributed by atoms with Gasteiger partial charge in [-0.2, -0.15) is 8.78 Å². The lowest BCUT2D eigenvalue weighted by atomic mass is 9.96. The van der Waals surface area contributed by atoms with Crippen molar-refractivity contribution in [2.45, 2.75) is 57.9 Å². The lowest BCUT2D eigenvalue weighted by Gasteiger charge is -2.21. The molecule has 3 aliphatic rings. The highest BCUT2D eigenvalue weighted by Crippen LogP contribution is 2.39. The summed E-state index contributed by atoms with van der Waals surface area (Å²) in [4.78, 5) is 40.7. The van der Waals surface area contributed by atoms with Crippen LogP contribution in [-0.4, -0.2) is 60.4 Å². The van der Waals surface area contributed by atoms with Crippen molar-refractivity contribution in [3.05, 3.63) is 58.7 Å². The molecule has 2 atom stereocenters. The average molecular weight is 529 g/mol. The normalized spacial score (nSPS) is 20.6. The highest BCUT2D eigenvalue weighted by molar-refractivity contribution is 5.98. The van der Waals surface area contributed by atoms with Gasteiger partial charge in [0.25, 0.3) is 5.91 Å². The van der Waals surface area contributed by atoms with E-state index in [-0.39, 0.29) is 35.8 Å². The molecule has 1 unspecified atom stereocenters. The van der Waals surface area contributed by atoms with Gasteiger partial charge in [0.2, 0.25) is 5.91 Å². The molecule has 202 valence electrons. The molecular formula is C28H30F2N2O6. The first kappa shape index (κ1) is 25.9. The summed E-state index contributed by atoms with van der Waals surface area (Å²) in [6.07, 6.45) is 2.43. The van der Waals surface area contributed by atoms with Crippen molar-refractivity contribution >= 4 is 17.8 Å². The highest BCUT2D eigenvalue weighted by atomic mass is 19.3. The van der Waals surface area contributed by atoms with Gasteiger partial charge in [0.15, 0.2) is 11.5 Å². The third-order valence-corrected chi connectivity index (χ3v) is 7.34. The van der Waals surface area contributed by atoms with Crippen LogP contribution in [0.4, 0.5) is 8.78 Å². The summed E-state index contributed by atoms with van der Waals surface area (Å²) in [6, 6.07) is 9.37. The van der Waals surface area contributed by atoms with Crippen LogP contribution in [0.15, 0.2) is 36.4 Å². The Morgan fingerprint density at radius 3 is 2.61 bits per heavy atom. The molecule has 1 aliphatic carbocycles. The first-order valence-corrected chi connectivity index (χ1v) is 12.7. The fourth-order valence-corrected chi connectivity index (χ4v) is 5.09. The van der Waals surface area contributed by atoms with Crippen molar-refractivity contribution in [3.63, 3.8) is 0 Å². The zero-order chi connectivity index (χ0) is 27.0. The Balaban J connectivity index is 1.27. The zero-order valence-corrected chi connectivity index (χ0v) is 21.3. The number of benzene rings is 2. The van der Waals surface area contributed by atoms with E-state index in [1.807, 2.05) is 6.07 Å². The number of alkyl halides is 2. The number of hydrogen-bond acceptors (Lipinski definition) is 6. The fraction of sp³-hybridized carbons (Fsp3) is 0.464. The zero-order valence-electron chi connectivity index (χ0n) is 21.3. The molecule has 1 saturated heterocycles.